The molecule has 2 aliphatic rings. The third-order valence-corrected chi connectivity index (χ3v) is 3.74. The molecule has 0 aromatic carbocycles. The molecule has 1 heteroatoms. The van der Waals surface area contributed by atoms with Gasteiger partial charge in [-0.1, -0.05) is 58.3 Å². The summed E-state index contributed by atoms with van der Waals surface area (Å²) >= 11 is 0. The fourth-order valence-electron chi connectivity index (χ4n) is 2.65. The number of rotatable bonds is 1. The van der Waals surface area contributed by atoms with Crippen LogP contribution in [0.5, 0.6) is 0 Å². The molecule has 2 saturated carbocycles. The van der Waals surface area contributed by atoms with E-state index in [1.165, 1.54) is 64.2 Å². The molecule has 0 amide bonds. The van der Waals surface area contributed by atoms with E-state index in [9.17, 15) is 0 Å². The van der Waals surface area contributed by atoms with Gasteiger partial charge in [-0.15, -0.1) is 0 Å². The molecular formula is C15H27N. The van der Waals surface area contributed by atoms with Gasteiger partial charge in [0.15, 0.2) is 0 Å². The van der Waals surface area contributed by atoms with Crippen LogP contribution in [-0.2, 0) is 0 Å². The summed E-state index contributed by atoms with van der Waals surface area (Å²) in [6.07, 6.45) is 14.0. The molecule has 2 rings (SSSR count). The lowest BCUT2D eigenvalue weighted by atomic mass is 9.91. The summed E-state index contributed by atoms with van der Waals surface area (Å²) in [5, 5.41) is 0. The predicted molar refractivity (Wildman–Crippen MR) is 72.2 cm³/mol. The Hall–Kier alpha value is -0.550. The lowest BCUT2D eigenvalue weighted by Gasteiger charge is -2.15. The van der Waals surface area contributed by atoms with Crippen LogP contribution in [0.25, 0.3) is 0 Å². The number of hydrogen-bond donors (Lipinski definition) is 0. The number of nitrogens with zero attached hydrogens (tertiary/aromatic N) is 1. The van der Waals surface area contributed by atoms with E-state index in [4.69, 9.17) is 0 Å². The zero-order valence-corrected chi connectivity index (χ0v) is 10.9. The van der Waals surface area contributed by atoms with Crippen molar-refractivity contribution in [3.05, 3.63) is 6.58 Å². The van der Waals surface area contributed by atoms with E-state index in [2.05, 4.69) is 24.4 Å². The lowest BCUT2D eigenvalue weighted by Crippen LogP contribution is -2.08. The van der Waals surface area contributed by atoms with Crippen LogP contribution in [0, 0.1) is 5.92 Å². The largest absolute Gasteiger partial charge is 0.240 e. The van der Waals surface area contributed by atoms with Gasteiger partial charge in [0, 0.05) is 0 Å². The first-order chi connectivity index (χ1) is 7.83. The molecule has 2 fully saturated rings. The molecule has 0 aliphatic heterocycles. The monoisotopic (exact) mass is 221 g/mol. The topological polar surface area (TPSA) is 12.4 Å². The summed E-state index contributed by atoms with van der Waals surface area (Å²) in [5.41, 5.74) is 0. The Morgan fingerprint density at radius 2 is 1.38 bits per heavy atom. The van der Waals surface area contributed by atoms with Crippen molar-refractivity contribution >= 4 is 5.87 Å². The Morgan fingerprint density at radius 3 is 1.75 bits per heavy atom. The van der Waals surface area contributed by atoms with Crippen molar-refractivity contribution in [3.8, 4) is 0 Å². The summed E-state index contributed by atoms with van der Waals surface area (Å²) in [5.74, 6) is 3.65. The smallest absolute Gasteiger partial charge is 0.0593 e. The van der Waals surface area contributed by atoms with E-state index >= 15 is 0 Å². The summed E-state index contributed by atoms with van der Waals surface area (Å²) in [6.45, 7) is 5.82. The maximum atomic E-state index is 4.12. The van der Waals surface area contributed by atoms with Crippen molar-refractivity contribution in [1.82, 2.24) is 0 Å². The molecule has 0 spiro atoms. The van der Waals surface area contributed by atoms with Gasteiger partial charge in [-0.2, -0.15) is 0 Å². The van der Waals surface area contributed by atoms with Crippen LogP contribution >= 0.6 is 0 Å². The Kier molecular flexibility index (Phi) is 7.25. The van der Waals surface area contributed by atoms with Crippen molar-refractivity contribution in [2.75, 3.05) is 0 Å². The van der Waals surface area contributed by atoms with Crippen molar-refractivity contribution < 1.29 is 0 Å². The summed E-state index contributed by atoms with van der Waals surface area (Å²) < 4.78 is 0. The van der Waals surface area contributed by atoms with E-state index in [-0.39, 0.29) is 0 Å². The normalized spacial score (nSPS) is 22.8. The molecule has 0 saturated heterocycles. The highest BCUT2D eigenvalue weighted by atomic mass is 14.7. The summed E-state index contributed by atoms with van der Waals surface area (Å²) in [7, 11) is 0. The van der Waals surface area contributed by atoms with Crippen LogP contribution in [0.15, 0.2) is 11.6 Å². The van der Waals surface area contributed by atoms with Gasteiger partial charge in [0.2, 0.25) is 0 Å². The van der Waals surface area contributed by atoms with Gasteiger partial charge in [-0.05, 0) is 31.2 Å². The van der Waals surface area contributed by atoms with Crippen LogP contribution in [-0.4, -0.2) is 11.9 Å². The van der Waals surface area contributed by atoms with Crippen LogP contribution in [0.2, 0.25) is 0 Å². The van der Waals surface area contributed by atoms with E-state index < -0.39 is 0 Å². The zero-order valence-electron chi connectivity index (χ0n) is 10.9. The Bertz CT molecular complexity index is 203. The molecular weight excluding hydrogens is 194 g/mol. The second kappa shape index (κ2) is 8.58. The first-order valence-electron chi connectivity index (χ1n) is 7.05. The van der Waals surface area contributed by atoms with Crippen molar-refractivity contribution in [3.63, 3.8) is 0 Å². The Morgan fingerprint density at radius 1 is 0.875 bits per heavy atom. The first kappa shape index (κ1) is 13.5. The van der Waals surface area contributed by atoms with E-state index in [0.29, 0.717) is 6.04 Å². The summed E-state index contributed by atoms with van der Waals surface area (Å²) in [6, 6.07) is 0.552. The van der Waals surface area contributed by atoms with Gasteiger partial charge in [-0.3, -0.25) is 0 Å². The fraction of sp³-hybridized carbons (Fsp3) is 0.867. The lowest BCUT2D eigenvalue weighted by molar-refractivity contribution is 0.385. The molecule has 2 aliphatic carbocycles. The van der Waals surface area contributed by atoms with Gasteiger partial charge >= 0.3 is 0 Å². The molecule has 0 N–H and O–H groups in total. The van der Waals surface area contributed by atoms with Gasteiger partial charge in [0.1, 0.15) is 0 Å². The van der Waals surface area contributed by atoms with E-state index in [1.807, 2.05) is 0 Å². The molecule has 16 heavy (non-hydrogen) atoms. The van der Waals surface area contributed by atoms with Crippen molar-refractivity contribution in [2.45, 2.75) is 77.2 Å². The zero-order chi connectivity index (χ0) is 11.6. The first-order valence-corrected chi connectivity index (χ1v) is 7.05. The average molecular weight is 221 g/mol. The standard InChI is InChI=1S/C8H13N.C7H14/c1-2-9-8-6-4-3-5-7-8;1-7-5-3-2-4-6-7/h8H,1,3-7H2;7H,2-6H2,1H3. The quantitative estimate of drug-likeness (QED) is 0.566. The SMILES string of the molecule is C=C=NC1CCCCC1.CC1CCCCC1. The Balaban J connectivity index is 0.000000165. The molecule has 0 bridgehead atoms. The highest BCUT2D eigenvalue weighted by molar-refractivity contribution is 5.46. The molecule has 1 nitrogen and oxygen atoms in total. The van der Waals surface area contributed by atoms with E-state index in [1.54, 1.807) is 0 Å². The summed E-state index contributed by atoms with van der Waals surface area (Å²) in [4.78, 5) is 4.12. The molecule has 0 heterocycles. The maximum Gasteiger partial charge on any atom is 0.0593 e. The van der Waals surface area contributed by atoms with Crippen LogP contribution in [0.1, 0.15) is 71.1 Å². The fourth-order valence-corrected chi connectivity index (χ4v) is 2.65. The highest BCUT2D eigenvalue weighted by Crippen LogP contribution is 2.22. The molecule has 92 valence electrons. The Labute approximate surface area is 101 Å². The van der Waals surface area contributed by atoms with Crippen LogP contribution in [0.3, 0.4) is 0 Å². The second-order valence-corrected chi connectivity index (χ2v) is 5.32. The van der Waals surface area contributed by atoms with Crippen molar-refractivity contribution in [2.24, 2.45) is 10.9 Å². The van der Waals surface area contributed by atoms with Crippen LogP contribution in [0.4, 0.5) is 0 Å². The molecule has 0 aromatic heterocycles. The average Bonchev–Trinajstić information content (AvgIpc) is 2.33. The molecule has 0 atom stereocenters. The second-order valence-electron chi connectivity index (χ2n) is 5.32. The van der Waals surface area contributed by atoms with Crippen molar-refractivity contribution in [1.29, 1.82) is 0 Å². The highest BCUT2D eigenvalue weighted by Gasteiger charge is 2.10. The maximum absolute atomic E-state index is 4.12. The molecule has 0 unspecified atom stereocenters. The van der Waals surface area contributed by atoms with Gasteiger partial charge in [-0.25, -0.2) is 4.99 Å². The number of aliphatic imine (C=N–C) groups is 1. The predicted octanol–water partition coefficient (Wildman–Crippen LogP) is 4.76. The third kappa shape index (κ3) is 6.12. The van der Waals surface area contributed by atoms with Gasteiger partial charge in [0.05, 0.1) is 6.04 Å². The minimum Gasteiger partial charge on any atom is -0.240 e. The minimum atomic E-state index is 0.552. The third-order valence-electron chi connectivity index (χ3n) is 3.74. The molecule has 0 aromatic rings. The van der Waals surface area contributed by atoms with Crippen LogP contribution < -0.4 is 0 Å². The van der Waals surface area contributed by atoms with Gasteiger partial charge < -0.3 is 0 Å². The number of hydrogen-bond acceptors (Lipinski definition) is 1. The van der Waals surface area contributed by atoms with E-state index in [0.717, 1.165) is 5.92 Å². The minimum absolute atomic E-state index is 0.552. The molecule has 0 radical (unpaired) electrons. The van der Waals surface area contributed by atoms with Gasteiger partial charge in [0.25, 0.3) is 0 Å².